The van der Waals surface area contributed by atoms with Crippen LogP contribution in [0.15, 0.2) is 24.3 Å². The summed E-state index contributed by atoms with van der Waals surface area (Å²) in [6.07, 6.45) is 15.1. The SMILES string of the molecule is CCCCCCCCCc1ccc(P(=O)(O)CC(CC)CCCC)cc1.[Mo]. The fraction of sp³-hybridized carbons (Fsp3) is 0.739. The molecule has 2 nitrogen and oxygen atoms in total. The molecule has 1 N–H and O–H groups in total. The predicted octanol–water partition coefficient (Wildman–Crippen LogP) is 7.09. The van der Waals surface area contributed by atoms with Gasteiger partial charge >= 0.3 is 0 Å². The molecular weight excluding hydrogens is 435 g/mol. The van der Waals surface area contributed by atoms with E-state index in [0.29, 0.717) is 17.4 Å². The minimum absolute atomic E-state index is 0. The van der Waals surface area contributed by atoms with Crippen LogP contribution in [0.25, 0.3) is 0 Å². The van der Waals surface area contributed by atoms with Crippen LogP contribution in [0.3, 0.4) is 0 Å². The topological polar surface area (TPSA) is 37.3 Å². The quantitative estimate of drug-likeness (QED) is 0.167. The van der Waals surface area contributed by atoms with Crippen LogP contribution in [0.2, 0.25) is 0 Å². The molecule has 0 aromatic heterocycles. The number of unbranched alkanes of at least 4 members (excludes halogenated alkanes) is 7. The monoisotopic (exact) mass is 478 g/mol. The maximum Gasteiger partial charge on any atom is 0.229 e. The normalized spacial score (nSPS) is 14.4. The average Bonchev–Trinajstić information content (AvgIpc) is 2.64. The van der Waals surface area contributed by atoms with Crippen molar-refractivity contribution < 1.29 is 30.5 Å². The van der Waals surface area contributed by atoms with Crippen LogP contribution in [-0.4, -0.2) is 11.1 Å². The molecule has 1 aromatic carbocycles. The molecule has 0 fully saturated rings. The molecule has 156 valence electrons. The smallest absolute Gasteiger partial charge is 0.229 e. The molecule has 0 saturated carbocycles. The maximum absolute atomic E-state index is 12.8. The van der Waals surface area contributed by atoms with Gasteiger partial charge in [-0.3, -0.25) is 4.57 Å². The Bertz CT molecular complexity index is 516. The van der Waals surface area contributed by atoms with E-state index in [1.807, 2.05) is 12.1 Å². The second-order valence-electron chi connectivity index (χ2n) is 7.84. The first-order valence-electron chi connectivity index (χ1n) is 10.9. The van der Waals surface area contributed by atoms with Gasteiger partial charge in [0.2, 0.25) is 7.37 Å². The number of aryl methyl sites for hydroxylation is 1. The summed E-state index contributed by atoms with van der Waals surface area (Å²) in [6, 6.07) is 7.90. The maximum atomic E-state index is 12.8. The van der Waals surface area contributed by atoms with E-state index in [2.05, 4.69) is 32.9 Å². The summed E-state index contributed by atoms with van der Waals surface area (Å²) in [5.41, 5.74) is 1.29. The molecule has 2 atom stereocenters. The first-order valence-corrected chi connectivity index (χ1v) is 12.8. The first kappa shape index (κ1) is 27.1. The average molecular weight is 476 g/mol. The molecule has 0 radical (unpaired) electrons. The molecule has 0 heterocycles. The van der Waals surface area contributed by atoms with Crippen molar-refractivity contribution in [2.45, 2.75) is 97.8 Å². The molecule has 0 bridgehead atoms. The van der Waals surface area contributed by atoms with Gasteiger partial charge in [-0.2, -0.15) is 0 Å². The van der Waals surface area contributed by atoms with Crippen LogP contribution >= 0.6 is 7.37 Å². The second kappa shape index (κ2) is 16.0. The van der Waals surface area contributed by atoms with Crippen molar-refractivity contribution >= 4 is 12.7 Å². The fourth-order valence-electron chi connectivity index (χ4n) is 3.55. The summed E-state index contributed by atoms with van der Waals surface area (Å²) in [6.45, 7) is 6.56. The molecule has 2 unspecified atom stereocenters. The van der Waals surface area contributed by atoms with Crippen LogP contribution in [-0.2, 0) is 32.1 Å². The zero-order chi connectivity index (χ0) is 19.3. The molecule has 27 heavy (non-hydrogen) atoms. The van der Waals surface area contributed by atoms with Crippen LogP contribution < -0.4 is 5.30 Å². The van der Waals surface area contributed by atoms with Crippen molar-refractivity contribution in [1.82, 2.24) is 0 Å². The Hall–Kier alpha value is 0.0983. The van der Waals surface area contributed by atoms with Gasteiger partial charge in [-0.15, -0.1) is 0 Å². The Labute approximate surface area is 182 Å². The van der Waals surface area contributed by atoms with Gasteiger partial charge in [0, 0.05) is 32.5 Å². The van der Waals surface area contributed by atoms with Crippen LogP contribution in [0, 0.1) is 5.92 Å². The van der Waals surface area contributed by atoms with E-state index < -0.39 is 7.37 Å². The number of hydrogen-bond donors (Lipinski definition) is 1. The molecule has 0 aliphatic carbocycles. The summed E-state index contributed by atoms with van der Waals surface area (Å²) in [5.74, 6) is 0.359. The van der Waals surface area contributed by atoms with Crippen molar-refractivity contribution in [2.24, 2.45) is 5.92 Å². The predicted molar refractivity (Wildman–Crippen MR) is 116 cm³/mol. The van der Waals surface area contributed by atoms with Crippen LogP contribution in [0.1, 0.15) is 97.0 Å². The Balaban J connectivity index is 0.00000676. The second-order valence-corrected chi connectivity index (χ2v) is 10.1. The third kappa shape index (κ3) is 11.6. The van der Waals surface area contributed by atoms with E-state index in [4.69, 9.17) is 0 Å². The van der Waals surface area contributed by atoms with Crippen LogP contribution in [0.4, 0.5) is 0 Å². The summed E-state index contributed by atoms with van der Waals surface area (Å²) in [4.78, 5) is 10.5. The van der Waals surface area contributed by atoms with E-state index in [-0.39, 0.29) is 21.1 Å². The van der Waals surface area contributed by atoms with Crippen molar-refractivity contribution in [1.29, 1.82) is 0 Å². The fourth-order valence-corrected chi connectivity index (χ4v) is 5.52. The summed E-state index contributed by atoms with van der Waals surface area (Å²) in [7, 11) is -3.23. The van der Waals surface area contributed by atoms with Gasteiger partial charge in [-0.1, -0.05) is 90.7 Å². The van der Waals surface area contributed by atoms with E-state index >= 15 is 0 Å². The van der Waals surface area contributed by atoms with Gasteiger partial charge in [-0.25, -0.2) is 0 Å². The zero-order valence-electron chi connectivity index (χ0n) is 17.8. The third-order valence-corrected chi connectivity index (χ3v) is 7.57. The largest absolute Gasteiger partial charge is 0.341 e. The van der Waals surface area contributed by atoms with E-state index in [1.165, 1.54) is 50.5 Å². The number of rotatable bonds is 15. The van der Waals surface area contributed by atoms with E-state index in [1.54, 1.807) is 0 Å². The van der Waals surface area contributed by atoms with Gasteiger partial charge in [0.15, 0.2) is 0 Å². The third-order valence-electron chi connectivity index (χ3n) is 5.46. The Morgan fingerprint density at radius 1 is 0.852 bits per heavy atom. The van der Waals surface area contributed by atoms with Gasteiger partial charge in [0.05, 0.1) is 0 Å². The van der Waals surface area contributed by atoms with Crippen molar-refractivity contribution in [2.75, 3.05) is 6.16 Å². The summed E-state index contributed by atoms with van der Waals surface area (Å²) >= 11 is 0. The molecule has 0 saturated heterocycles. The van der Waals surface area contributed by atoms with Crippen molar-refractivity contribution in [3.8, 4) is 0 Å². The van der Waals surface area contributed by atoms with Crippen molar-refractivity contribution in [3.63, 3.8) is 0 Å². The Morgan fingerprint density at radius 3 is 1.96 bits per heavy atom. The Morgan fingerprint density at radius 2 is 1.41 bits per heavy atom. The van der Waals surface area contributed by atoms with Gasteiger partial charge < -0.3 is 4.89 Å². The van der Waals surface area contributed by atoms with Crippen LogP contribution in [0.5, 0.6) is 0 Å². The molecule has 1 aromatic rings. The minimum atomic E-state index is -3.23. The molecule has 0 aliphatic rings. The molecule has 0 amide bonds. The Kier molecular flexibility index (Phi) is 16.0. The van der Waals surface area contributed by atoms with Gasteiger partial charge in [0.1, 0.15) is 0 Å². The van der Waals surface area contributed by atoms with Crippen molar-refractivity contribution in [3.05, 3.63) is 29.8 Å². The van der Waals surface area contributed by atoms with E-state index in [0.717, 1.165) is 32.1 Å². The molecule has 0 spiro atoms. The molecular formula is C23H41MoO2P. The summed E-state index contributed by atoms with van der Waals surface area (Å²) in [5, 5.41) is 0.635. The zero-order valence-corrected chi connectivity index (χ0v) is 20.7. The molecule has 1 rings (SSSR count). The molecule has 4 heteroatoms. The number of hydrogen-bond acceptors (Lipinski definition) is 1. The number of benzene rings is 1. The van der Waals surface area contributed by atoms with Gasteiger partial charge in [-0.05, 0) is 42.9 Å². The van der Waals surface area contributed by atoms with E-state index in [9.17, 15) is 9.46 Å². The minimum Gasteiger partial charge on any atom is -0.341 e. The summed E-state index contributed by atoms with van der Waals surface area (Å²) < 4.78 is 12.8. The first-order chi connectivity index (χ1) is 12.5. The van der Waals surface area contributed by atoms with Gasteiger partial charge in [0.25, 0.3) is 0 Å². The standard InChI is InChI=1S/C23H41O2P.Mo/c1-4-7-9-10-11-12-13-15-22-16-18-23(19-17-22)26(24,25)20-21(6-3)14-8-5-2;/h16-19,21H,4-15,20H2,1-3H3,(H,24,25);. The molecule has 0 aliphatic heterocycles.